The van der Waals surface area contributed by atoms with Gasteiger partial charge in [-0.2, -0.15) is 0 Å². The Bertz CT molecular complexity index is 391. The van der Waals surface area contributed by atoms with Crippen LogP contribution in [0.25, 0.3) is 0 Å². The predicted octanol–water partition coefficient (Wildman–Crippen LogP) is 0.708. The molecule has 26 heavy (non-hydrogen) atoms. The van der Waals surface area contributed by atoms with Gasteiger partial charge < -0.3 is 29.7 Å². The average molecular weight is 486 g/mol. The van der Waals surface area contributed by atoms with Crippen LogP contribution in [0.2, 0.25) is 0 Å². The minimum atomic E-state index is -0.0346. The summed E-state index contributed by atoms with van der Waals surface area (Å²) in [5.74, 6) is 1.22. The molecule has 1 heterocycles. The molecule has 9 heteroatoms. The number of nitrogens with one attached hydrogen (secondary N) is 2. The Morgan fingerprint density at radius 2 is 1.88 bits per heavy atom. The van der Waals surface area contributed by atoms with E-state index in [9.17, 15) is 4.79 Å². The Morgan fingerprint density at radius 1 is 1.19 bits per heavy atom. The number of amides is 1. The molecule has 0 spiro atoms. The highest BCUT2D eigenvalue weighted by Crippen LogP contribution is 2.14. The smallest absolute Gasteiger partial charge is 0.243 e. The second-order valence-electron chi connectivity index (χ2n) is 6.28. The van der Waals surface area contributed by atoms with Gasteiger partial charge in [-0.1, -0.05) is 0 Å². The maximum absolute atomic E-state index is 11.7. The second-order valence-corrected chi connectivity index (χ2v) is 6.28. The number of ether oxygens (including phenoxy) is 3. The molecule has 8 nitrogen and oxygen atoms in total. The highest BCUT2D eigenvalue weighted by atomic mass is 127. The minimum Gasteiger partial charge on any atom is -0.383 e. The van der Waals surface area contributed by atoms with E-state index in [0.717, 1.165) is 45.6 Å². The van der Waals surface area contributed by atoms with Gasteiger partial charge in [-0.15, -0.1) is 24.0 Å². The molecule has 0 unspecified atom stereocenters. The van der Waals surface area contributed by atoms with Crippen LogP contribution >= 0.6 is 24.0 Å². The normalized spacial score (nSPS) is 15.3. The molecule has 0 aromatic carbocycles. The third kappa shape index (κ3) is 12.7. The Labute approximate surface area is 174 Å². The molecule has 154 valence electrons. The van der Waals surface area contributed by atoms with Crippen LogP contribution in [-0.2, 0) is 19.0 Å². The van der Waals surface area contributed by atoms with Crippen molar-refractivity contribution in [2.45, 2.75) is 19.3 Å². The Balaban J connectivity index is 0.00000625. The molecule has 1 amide bonds. The molecule has 1 fully saturated rings. The molecule has 0 aliphatic carbocycles. The maximum Gasteiger partial charge on any atom is 0.243 e. The fourth-order valence-electron chi connectivity index (χ4n) is 2.28. The van der Waals surface area contributed by atoms with E-state index in [1.54, 1.807) is 21.2 Å². The zero-order valence-electron chi connectivity index (χ0n) is 16.3. The lowest BCUT2D eigenvalue weighted by Gasteiger charge is -2.21. The molecule has 0 aromatic rings. The van der Waals surface area contributed by atoms with E-state index >= 15 is 0 Å². The van der Waals surface area contributed by atoms with Crippen molar-refractivity contribution in [1.29, 1.82) is 0 Å². The Morgan fingerprint density at radius 3 is 2.54 bits per heavy atom. The first-order valence-corrected chi connectivity index (χ1v) is 9.00. The molecule has 2 N–H and O–H groups in total. The monoisotopic (exact) mass is 486 g/mol. The number of carbonyl (C=O) groups excluding carboxylic acids is 1. The first kappa shape index (κ1) is 25.4. The molecule has 1 aliphatic heterocycles. The van der Waals surface area contributed by atoms with Gasteiger partial charge in [-0.05, 0) is 25.2 Å². The number of guanidine groups is 1. The standard InChI is InChI=1S/C17H34N4O4.HI/c1-21(2)16(22)13-20-17(19-8-12-23-3)18-7-4-9-25-14-15-5-10-24-11-6-15;/h15H,4-14H2,1-3H3,(H2,18,19,20);1H. The largest absolute Gasteiger partial charge is 0.383 e. The fraction of sp³-hybridized carbons (Fsp3) is 0.882. The second kappa shape index (κ2) is 16.5. The summed E-state index contributed by atoms with van der Waals surface area (Å²) in [6, 6.07) is 0. The van der Waals surface area contributed by atoms with E-state index in [0.29, 0.717) is 31.6 Å². The number of halogens is 1. The molecule has 0 saturated carbocycles. The number of hydrogen-bond acceptors (Lipinski definition) is 5. The van der Waals surface area contributed by atoms with Gasteiger partial charge in [0.1, 0.15) is 6.54 Å². The van der Waals surface area contributed by atoms with Gasteiger partial charge in [0.25, 0.3) is 0 Å². The first-order chi connectivity index (χ1) is 12.1. The number of methoxy groups -OCH3 is 1. The van der Waals surface area contributed by atoms with Crippen LogP contribution < -0.4 is 10.6 Å². The van der Waals surface area contributed by atoms with Crippen molar-refractivity contribution in [3.05, 3.63) is 0 Å². The van der Waals surface area contributed by atoms with E-state index in [1.165, 1.54) is 4.90 Å². The molecule has 0 aromatic heterocycles. The SMILES string of the molecule is COCCNC(=NCC(=O)N(C)C)NCCCOCC1CCOCC1.I. The Kier molecular flexibility index (Phi) is 16.1. The van der Waals surface area contributed by atoms with Crippen molar-refractivity contribution in [2.75, 3.05) is 73.9 Å². The molecule has 0 bridgehead atoms. The molecule has 0 atom stereocenters. The number of aliphatic imine (C=N–C) groups is 1. The van der Waals surface area contributed by atoms with Crippen LogP contribution in [0.4, 0.5) is 0 Å². The third-order valence-electron chi connectivity index (χ3n) is 3.92. The van der Waals surface area contributed by atoms with Gasteiger partial charge in [0, 0.05) is 60.7 Å². The predicted molar refractivity (Wildman–Crippen MR) is 113 cm³/mol. The Hall–Kier alpha value is -0.650. The summed E-state index contributed by atoms with van der Waals surface area (Å²) < 4.78 is 16.1. The topological polar surface area (TPSA) is 84.4 Å². The van der Waals surface area contributed by atoms with Crippen LogP contribution in [-0.4, -0.2) is 90.6 Å². The van der Waals surface area contributed by atoms with Crippen LogP contribution in [0.15, 0.2) is 4.99 Å². The fourth-order valence-corrected chi connectivity index (χ4v) is 2.28. The van der Waals surface area contributed by atoms with Gasteiger partial charge in [-0.25, -0.2) is 4.99 Å². The van der Waals surface area contributed by atoms with Crippen LogP contribution in [0.1, 0.15) is 19.3 Å². The number of hydrogen-bond donors (Lipinski definition) is 2. The summed E-state index contributed by atoms with van der Waals surface area (Å²) in [5, 5.41) is 6.37. The van der Waals surface area contributed by atoms with Crippen LogP contribution in [0, 0.1) is 5.92 Å². The highest BCUT2D eigenvalue weighted by Gasteiger charge is 2.13. The minimum absolute atomic E-state index is 0. The molecule has 1 rings (SSSR count). The lowest BCUT2D eigenvalue weighted by atomic mass is 10.0. The van der Waals surface area contributed by atoms with Crippen LogP contribution in [0.3, 0.4) is 0 Å². The first-order valence-electron chi connectivity index (χ1n) is 9.00. The number of nitrogens with zero attached hydrogens (tertiary/aromatic N) is 2. The van der Waals surface area contributed by atoms with Crippen molar-refractivity contribution in [3.8, 4) is 0 Å². The number of carbonyl (C=O) groups is 1. The van der Waals surface area contributed by atoms with Crippen molar-refractivity contribution in [3.63, 3.8) is 0 Å². The summed E-state index contributed by atoms with van der Waals surface area (Å²) in [7, 11) is 5.09. The summed E-state index contributed by atoms with van der Waals surface area (Å²) in [5.41, 5.74) is 0. The van der Waals surface area contributed by atoms with Gasteiger partial charge >= 0.3 is 0 Å². The van der Waals surface area contributed by atoms with Crippen molar-refractivity contribution in [2.24, 2.45) is 10.9 Å². The summed E-state index contributed by atoms with van der Waals surface area (Å²) >= 11 is 0. The lowest BCUT2D eigenvalue weighted by Crippen LogP contribution is -2.40. The average Bonchev–Trinajstić information content (AvgIpc) is 2.62. The zero-order valence-corrected chi connectivity index (χ0v) is 18.6. The zero-order chi connectivity index (χ0) is 18.3. The van der Waals surface area contributed by atoms with Crippen molar-refractivity contribution in [1.82, 2.24) is 15.5 Å². The quantitative estimate of drug-likeness (QED) is 0.194. The van der Waals surface area contributed by atoms with E-state index in [1.807, 2.05) is 0 Å². The van der Waals surface area contributed by atoms with E-state index in [-0.39, 0.29) is 36.4 Å². The van der Waals surface area contributed by atoms with Crippen LogP contribution in [0.5, 0.6) is 0 Å². The number of likely N-dealkylation sites (N-methyl/N-ethyl adjacent to an activating group) is 1. The molecular formula is C17H35IN4O4. The third-order valence-corrected chi connectivity index (χ3v) is 3.92. The lowest BCUT2D eigenvalue weighted by molar-refractivity contribution is -0.127. The highest BCUT2D eigenvalue weighted by molar-refractivity contribution is 14.0. The van der Waals surface area contributed by atoms with Gasteiger partial charge in [-0.3, -0.25) is 4.79 Å². The maximum atomic E-state index is 11.7. The van der Waals surface area contributed by atoms with Gasteiger partial charge in [0.05, 0.1) is 6.61 Å². The summed E-state index contributed by atoms with van der Waals surface area (Å²) in [6.07, 6.45) is 3.08. The molecular weight excluding hydrogens is 451 g/mol. The number of rotatable bonds is 11. The van der Waals surface area contributed by atoms with Crippen molar-refractivity contribution < 1.29 is 19.0 Å². The van der Waals surface area contributed by atoms with E-state index < -0.39 is 0 Å². The molecule has 0 radical (unpaired) electrons. The van der Waals surface area contributed by atoms with E-state index in [2.05, 4.69) is 15.6 Å². The van der Waals surface area contributed by atoms with Crippen molar-refractivity contribution >= 4 is 35.8 Å². The molecule has 1 saturated heterocycles. The summed E-state index contributed by atoms with van der Waals surface area (Å²) in [6.45, 7) is 5.32. The summed E-state index contributed by atoms with van der Waals surface area (Å²) in [4.78, 5) is 17.5. The van der Waals surface area contributed by atoms with E-state index in [4.69, 9.17) is 14.2 Å². The van der Waals surface area contributed by atoms with Gasteiger partial charge in [0.2, 0.25) is 5.91 Å². The van der Waals surface area contributed by atoms with Gasteiger partial charge in [0.15, 0.2) is 5.96 Å². The molecule has 1 aliphatic rings.